The van der Waals surface area contributed by atoms with Crippen molar-refractivity contribution >= 4 is 23.2 Å². The highest BCUT2D eigenvalue weighted by molar-refractivity contribution is 6.33. The van der Waals surface area contributed by atoms with Gasteiger partial charge in [-0.15, -0.1) is 0 Å². The Bertz CT molecular complexity index is 515. The van der Waals surface area contributed by atoms with E-state index in [0.717, 1.165) is 25.0 Å². The normalized spacial score (nSPS) is 11.4. The van der Waals surface area contributed by atoms with E-state index in [4.69, 9.17) is 11.6 Å². The average Bonchev–Trinajstić information content (AvgIpc) is 2.47. The first-order valence-electron chi connectivity index (χ1n) is 7.68. The minimum atomic E-state index is -4.42. The molecule has 0 aliphatic carbocycles. The highest BCUT2D eigenvalue weighted by Crippen LogP contribution is 2.33. The van der Waals surface area contributed by atoms with Crippen molar-refractivity contribution in [2.24, 2.45) is 0 Å². The molecule has 1 aromatic carbocycles. The summed E-state index contributed by atoms with van der Waals surface area (Å²) in [7, 11) is 0. The predicted octanol–water partition coefficient (Wildman–Crippen LogP) is 4.81. The topological polar surface area (TPSA) is 32.3 Å². The number of carbonyl (C=O) groups is 1. The SMILES string of the molecule is CCCN(CCC)C(=O)CCNc1cc(C(F)(F)F)ccc1Cl. The van der Waals surface area contributed by atoms with Crippen LogP contribution in [0.3, 0.4) is 0 Å². The van der Waals surface area contributed by atoms with Crippen molar-refractivity contribution in [3.8, 4) is 0 Å². The molecule has 0 unspecified atom stereocenters. The molecular weight excluding hydrogens is 329 g/mol. The summed E-state index contributed by atoms with van der Waals surface area (Å²) in [5.74, 6) is -0.00991. The quantitative estimate of drug-likeness (QED) is 0.729. The molecule has 0 radical (unpaired) electrons. The Labute approximate surface area is 139 Å². The van der Waals surface area contributed by atoms with Gasteiger partial charge in [-0.2, -0.15) is 13.2 Å². The van der Waals surface area contributed by atoms with Gasteiger partial charge >= 0.3 is 6.18 Å². The van der Waals surface area contributed by atoms with Gasteiger partial charge in [0.1, 0.15) is 0 Å². The van der Waals surface area contributed by atoms with E-state index in [-0.39, 0.29) is 29.6 Å². The van der Waals surface area contributed by atoms with Gasteiger partial charge in [0.15, 0.2) is 0 Å². The number of hydrogen-bond acceptors (Lipinski definition) is 2. The number of nitrogens with zero attached hydrogens (tertiary/aromatic N) is 1. The van der Waals surface area contributed by atoms with Crippen molar-refractivity contribution in [1.29, 1.82) is 0 Å². The molecule has 3 nitrogen and oxygen atoms in total. The number of amides is 1. The fourth-order valence-corrected chi connectivity index (χ4v) is 2.38. The summed E-state index contributed by atoms with van der Waals surface area (Å²) in [5.41, 5.74) is -0.582. The van der Waals surface area contributed by atoms with Crippen molar-refractivity contribution in [3.63, 3.8) is 0 Å². The zero-order chi connectivity index (χ0) is 17.5. The van der Waals surface area contributed by atoms with Gasteiger partial charge < -0.3 is 10.2 Å². The zero-order valence-corrected chi connectivity index (χ0v) is 14.1. The van der Waals surface area contributed by atoms with E-state index < -0.39 is 11.7 Å². The summed E-state index contributed by atoms with van der Waals surface area (Å²) in [6.07, 6.45) is -2.46. The number of halogens is 4. The summed E-state index contributed by atoms with van der Waals surface area (Å²) in [6, 6.07) is 3.10. The standard InChI is InChI=1S/C16H22ClF3N2O/c1-3-9-22(10-4-2)15(23)7-8-21-14-11-12(16(18,19)20)5-6-13(14)17/h5-6,11,21H,3-4,7-10H2,1-2H3. The lowest BCUT2D eigenvalue weighted by Crippen LogP contribution is -2.33. The first kappa shape index (κ1) is 19.6. The van der Waals surface area contributed by atoms with Crippen LogP contribution in [0, 0.1) is 0 Å². The van der Waals surface area contributed by atoms with Crippen molar-refractivity contribution in [1.82, 2.24) is 4.90 Å². The third-order valence-corrected chi connectivity index (χ3v) is 3.62. The lowest BCUT2D eigenvalue weighted by Gasteiger charge is -2.21. The Hall–Kier alpha value is -1.43. The van der Waals surface area contributed by atoms with E-state index in [1.807, 2.05) is 13.8 Å². The van der Waals surface area contributed by atoms with Gasteiger partial charge in [-0.3, -0.25) is 4.79 Å². The van der Waals surface area contributed by atoms with Crippen molar-refractivity contribution in [3.05, 3.63) is 28.8 Å². The van der Waals surface area contributed by atoms with Crippen LogP contribution in [0.4, 0.5) is 18.9 Å². The lowest BCUT2D eigenvalue weighted by molar-refractivity contribution is -0.137. The molecule has 1 N–H and O–H groups in total. The van der Waals surface area contributed by atoms with Crippen LogP contribution in [0.15, 0.2) is 18.2 Å². The van der Waals surface area contributed by atoms with Crippen LogP contribution in [0.5, 0.6) is 0 Å². The minimum absolute atomic E-state index is 0.00991. The van der Waals surface area contributed by atoms with Gasteiger partial charge in [0, 0.05) is 26.1 Å². The Morgan fingerprint density at radius 1 is 1.22 bits per heavy atom. The summed E-state index contributed by atoms with van der Waals surface area (Å²) >= 11 is 5.90. The molecule has 0 heterocycles. The zero-order valence-electron chi connectivity index (χ0n) is 13.3. The first-order chi connectivity index (χ1) is 10.8. The number of nitrogens with one attached hydrogen (secondary N) is 1. The van der Waals surface area contributed by atoms with Gasteiger partial charge in [0.05, 0.1) is 16.3 Å². The van der Waals surface area contributed by atoms with Crippen LogP contribution in [0.1, 0.15) is 38.7 Å². The van der Waals surface area contributed by atoms with E-state index in [1.165, 1.54) is 6.07 Å². The molecule has 0 aliphatic heterocycles. The van der Waals surface area contributed by atoms with E-state index >= 15 is 0 Å². The van der Waals surface area contributed by atoms with E-state index in [0.29, 0.717) is 13.1 Å². The number of carbonyl (C=O) groups excluding carboxylic acids is 1. The van der Waals surface area contributed by atoms with E-state index in [1.54, 1.807) is 4.90 Å². The maximum atomic E-state index is 12.7. The molecule has 0 saturated heterocycles. The van der Waals surface area contributed by atoms with Crippen molar-refractivity contribution in [2.75, 3.05) is 25.0 Å². The number of anilines is 1. The Balaban J connectivity index is 2.63. The van der Waals surface area contributed by atoms with Gasteiger partial charge in [0.2, 0.25) is 5.91 Å². The van der Waals surface area contributed by atoms with Gasteiger partial charge in [-0.25, -0.2) is 0 Å². The third kappa shape index (κ3) is 6.29. The molecule has 1 amide bonds. The number of rotatable bonds is 8. The second-order valence-electron chi connectivity index (χ2n) is 5.25. The molecule has 0 spiro atoms. The van der Waals surface area contributed by atoms with Gasteiger partial charge in [0.25, 0.3) is 0 Å². The fraction of sp³-hybridized carbons (Fsp3) is 0.562. The van der Waals surface area contributed by atoms with Crippen LogP contribution < -0.4 is 5.32 Å². The summed E-state index contributed by atoms with van der Waals surface area (Å²) in [5, 5.41) is 3.01. The Morgan fingerprint density at radius 3 is 2.35 bits per heavy atom. The number of benzene rings is 1. The first-order valence-corrected chi connectivity index (χ1v) is 8.05. The molecule has 1 rings (SSSR count). The summed E-state index contributed by atoms with van der Waals surface area (Å²) < 4.78 is 38.1. The molecule has 0 bridgehead atoms. The van der Waals surface area contributed by atoms with E-state index in [9.17, 15) is 18.0 Å². The second-order valence-corrected chi connectivity index (χ2v) is 5.66. The average molecular weight is 351 g/mol. The number of alkyl halides is 3. The minimum Gasteiger partial charge on any atom is -0.383 e. The molecule has 7 heteroatoms. The molecule has 0 aliphatic rings. The molecule has 0 fully saturated rings. The monoisotopic (exact) mass is 350 g/mol. The van der Waals surface area contributed by atoms with E-state index in [2.05, 4.69) is 5.32 Å². The predicted molar refractivity (Wildman–Crippen MR) is 86.7 cm³/mol. The van der Waals surface area contributed by atoms with Crippen LogP contribution in [-0.4, -0.2) is 30.4 Å². The van der Waals surface area contributed by atoms with Gasteiger partial charge in [-0.1, -0.05) is 25.4 Å². The molecule has 0 saturated carbocycles. The van der Waals surface area contributed by atoms with Gasteiger partial charge in [-0.05, 0) is 31.0 Å². The number of hydrogen-bond donors (Lipinski definition) is 1. The van der Waals surface area contributed by atoms with Crippen LogP contribution in [0.25, 0.3) is 0 Å². The second kappa shape index (κ2) is 9.01. The van der Waals surface area contributed by atoms with Crippen LogP contribution in [-0.2, 0) is 11.0 Å². The lowest BCUT2D eigenvalue weighted by atomic mass is 10.2. The smallest absolute Gasteiger partial charge is 0.383 e. The molecular formula is C16H22ClF3N2O. The molecule has 23 heavy (non-hydrogen) atoms. The highest BCUT2D eigenvalue weighted by atomic mass is 35.5. The fourth-order valence-electron chi connectivity index (χ4n) is 2.20. The third-order valence-electron chi connectivity index (χ3n) is 3.29. The van der Waals surface area contributed by atoms with Crippen LogP contribution in [0.2, 0.25) is 5.02 Å². The maximum Gasteiger partial charge on any atom is 0.416 e. The molecule has 0 atom stereocenters. The Kier molecular flexibility index (Phi) is 7.68. The van der Waals surface area contributed by atoms with Crippen molar-refractivity contribution < 1.29 is 18.0 Å². The maximum absolute atomic E-state index is 12.7. The molecule has 0 aromatic heterocycles. The summed E-state index contributed by atoms with van der Waals surface area (Å²) in [6.45, 7) is 5.62. The summed E-state index contributed by atoms with van der Waals surface area (Å²) in [4.78, 5) is 13.9. The largest absolute Gasteiger partial charge is 0.416 e. The molecule has 1 aromatic rings. The molecule has 130 valence electrons. The Morgan fingerprint density at radius 2 is 1.83 bits per heavy atom. The van der Waals surface area contributed by atoms with Crippen LogP contribution >= 0.6 is 11.6 Å². The van der Waals surface area contributed by atoms with Crippen molar-refractivity contribution in [2.45, 2.75) is 39.3 Å². The highest BCUT2D eigenvalue weighted by Gasteiger charge is 2.30.